The first-order chi connectivity index (χ1) is 13.4. The summed E-state index contributed by atoms with van der Waals surface area (Å²) >= 11 is 0. The summed E-state index contributed by atoms with van der Waals surface area (Å²) in [6.07, 6.45) is -0.278. The van der Waals surface area contributed by atoms with E-state index in [0.29, 0.717) is 34.0 Å². The molecule has 148 valence electrons. The molecule has 0 bridgehead atoms. The van der Waals surface area contributed by atoms with E-state index in [9.17, 15) is 14.7 Å². The Balaban J connectivity index is 2.01. The van der Waals surface area contributed by atoms with Crippen LogP contribution in [0, 0.1) is 0 Å². The zero-order valence-electron chi connectivity index (χ0n) is 15.9. The molecule has 0 aromatic heterocycles. The number of anilines is 1. The fourth-order valence-electron chi connectivity index (χ4n) is 2.51. The van der Waals surface area contributed by atoms with Crippen molar-refractivity contribution in [2.75, 3.05) is 26.1 Å². The van der Waals surface area contributed by atoms with E-state index in [0.717, 1.165) is 0 Å². The van der Waals surface area contributed by atoms with E-state index in [4.69, 9.17) is 9.47 Å². The predicted octanol–water partition coefficient (Wildman–Crippen LogP) is 0.948. The third kappa shape index (κ3) is 5.73. The highest BCUT2D eigenvalue weighted by molar-refractivity contribution is 5.99. The molecule has 2 aromatic carbocycles. The number of aliphatic carboxylic acids is 1. The van der Waals surface area contributed by atoms with Crippen LogP contribution >= 0.6 is 0 Å². The molecule has 0 aliphatic heterocycles. The lowest BCUT2D eigenvalue weighted by atomic mass is 10.0. The van der Waals surface area contributed by atoms with E-state index in [1.54, 1.807) is 44.4 Å². The highest BCUT2D eigenvalue weighted by Gasteiger charge is 2.08. The number of hydrogen-bond donors (Lipinski definition) is 2. The minimum absolute atomic E-state index is 0.00962. The number of rotatable bonds is 9. The molecule has 0 unspecified atom stereocenters. The van der Waals surface area contributed by atoms with Gasteiger partial charge in [0, 0.05) is 18.0 Å². The van der Waals surface area contributed by atoms with E-state index in [2.05, 4.69) is 15.8 Å². The van der Waals surface area contributed by atoms with Gasteiger partial charge in [0.15, 0.2) is 0 Å². The normalized spacial score (nSPS) is 10.9. The summed E-state index contributed by atoms with van der Waals surface area (Å²) in [5.74, 6) is -0.464. The molecule has 2 rings (SSSR count). The van der Waals surface area contributed by atoms with Gasteiger partial charge in [0.1, 0.15) is 11.5 Å². The summed E-state index contributed by atoms with van der Waals surface area (Å²) in [4.78, 5) is 22.9. The molecule has 0 heterocycles. The van der Waals surface area contributed by atoms with Crippen molar-refractivity contribution in [3.63, 3.8) is 0 Å². The average molecular weight is 384 g/mol. The van der Waals surface area contributed by atoms with E-state index in [1.165, 1.54) is 7.11 Å². The van der Waals surface area contributed by atoms with Gasteiger partial charge in [0.25, 0.3) is 5.91 Å². The number of hydrogen-bond acceptors (Lipinski definition) is 7. The second-order valence-electron chi connectivity index (χ2n) is 5.86. The Labute approximate surface area is 163 Å². The Morgan fingerprint density at radius 1 is 1.07 bits per heavy atom. The van der Waals surface area contributed by atoms with Crippen molar-refractivity contribution in [2.45, 2.75) is 13.3 Å². The van der Waals surface area contributed by atoms with E-state index in [1.807, 2.05) is 12.1 Å². The van der Waals surface area contributed by atoms with Crippen molar-refractivity contribution < 1.29 is 24.2 Å². The highest BCUT2D eigenvalue weighted by Crippen LogP contribution is 2.22. The van der Waals surface area contributed by atoms with Crippen LogP contribution in [0.1, 0.15) is 18.1 Å². The van der Waals surface area contributed by atoms with Gasteiger partial charge in [-0.25, -0.2) is 5.43 Å². The number of para-hydroxylation sites is 2. The smallest absolute Gasteiger partial charge is 0.259 e. The molecule has 8 heteroatoms. The number of nitrogens with one attached hydrogen (secondary N) is 2. The van der Waals surface area contributed by atoms with Gasteiger partial charge < -0.3 is 24.7 Å². The van der Waals surface area contributed by atoms with Crippen molar-refractivity contribution in [3.05, 3.63) is 53.6 Å². The number of methoxy groups -OCH3 is 2. The summed E-state index contributed by atoms with van der Waals surface area (Å²) in [7, 11) is 3.02. The molecule has 0 fully saturated rings. The monoisotopic (exact) mass is 384 g/mol. The third-order valence-corrected chi connectivity index (χ3v) is 3.93. The number of benzene rings is 2. The van der Waals surface area contributed by atoms with Gasteiger partial charge in [-0.15, -0.1) is 0 Å². The summed E-state index contributed by atoms with van der Waals surface area (Å²) in [6.45, 7) is 1.72. The van der Waals surface area contributed by atoms with Gasteiger partial charge in [-0.3, -0.25) is 4.79 Å². The van der Waals surface area contributed by atoms with Crippen LogP contribution in [0.3, 0.4) is 0 Å². The van der Waals surface area contributed by atoms with Crippen LogP contribution in [-0.2, 0) is 16.0 Å². The van der Waals surface area contributed by atoms with Crippen molar-refractivity contribution >= 4 is 23.3 Å². The SMILES string of the molecule is COc1ccc(/C(C)=N\NC(=O)CNc2ccccc2OC)cc1CC(=O)[O-]. The molecule has 0 aliphatic rings. The molecule has 0 saturated carbocycles. The van der Waals surface area contributed by atoms with Crippen molar-refractivity contribution in [1.82, 2.24) is 5.43 Å². The van der Waals surface area contributed by atoms with Crippen LogP contribution < -0.4 is 25.3 Å². The maximum Gasteiger partial charge on any atom is 0.259 e. The molecular weight excluding hydrogens is 362 g/mol. The zero-order chi connectivity index (χ0) is 20.5. The minimum Gasteiger partial charge on any atom is -0.550 e. The first-order valence-electron chi connectivity index (χ1n) is 8.51. The summed E-state index contributed by atoms with van der Waals surface area (Å²) in [5, 5.41) is 17.9. The fraction of sp³-hybridized carbons (Fsp3) is 0.250. The van der Waals surface area contributed by atoms with Gasteiger partial charge in [-0.2, -0.15) is 5.10 Å². The van der Waals surface area contributed by atoms with Gasteiger partial charge in [-0.05, 0) is 42.8 Å². The molecule has 0 radical (unpaired) electrons. The molecular formula is C20H22N3O5-. The quantitative estimate of drug-likeness (QED) is 0.492. The third-order valence-electron chi connectivity index (χ3n) is 3.93. The lowest BCUT2D eigenvalue weighted by Crippen LogP contribution is -2.27. The van der Waals surface area contributed by atoms with Gasteiger partial charge in [0.2, 0.25) is 0 Å². The van der Waals surface area contributed by atoms with Crippen LogP contribution in [0.5, 0.6) is 11.5 Å². The summed E-state index contributed by atoms with van der Waals surface area (Å²) < 4.78 is 10.4. The van der Waals surface area contributed by atoms with Gasteiger partial charge >= 0.3 is 0 Å². The zero-order valence-corrected chi connectivity index (χ0v) is 15.9. The Morgan fingerprint density at radius 2 is 1.79 bits per heavy atom. The predicted molar refractivity (Wildman–Crippen MR) is 104 cm³/mol. The fourth-order valence-corrected chi connectivity index (χ4v) is 2.51. The molecule has 8 nitrogen and oxygen atoms in total. The van der Waals surface area contributed by atoms with Crippen LogP contribution in [-0.4, -0.2) is 38.4 Å². The number of carboxylic acids is 1. The topological polar surface area (TPSA) is 112 Å². The van der Waals surface area contributed by atoms with Crippen molar-refractivity contribution in [1.29, 1.82) is 0 Å². The number of nitrogens with zero attached hydrogens (tertiary/aromatic N) is 1. The average Bonchev–Trinajstić information content (AvgIpc) is 2.70. The van der Waals surface area contributed by atoms with Crippen molar-refractivity contribution in [2.24, 2.45) is 5.10 Å². The number of carboxylic acid groups (broad SMARTS) is 1. The van der Waals surface area contributed by atoms with E-state index >= 15 is 0 Å². The lowest BCUT2D eigenvalue weighted by Gasteiger charge is -2.12. The minimum atomic E-state index is -1.21. The Kier molecular flexibility index (Phi) is 7.38. The second-order valence-corrected chi connectivity index (χ2v) is 5.86. The largest absolute Gasteiger partial charge is 0.550 e. The van der Waals surface area contributed by atoms with Crippen LogP contribution in [0.25, 0.3) is 0 Å². The number of carbonyl (C=O) groups excluding carboxylic acids is 2. The highest BCUT2D eigenvalue weighted by atomic mass is 16.5. The van der Waals surface area contributed by atoms with Gasteiger partial charge in [-0.1, -0.05) is 12.1 Å². The van der Waals surface area contributed by atoms with Crippen LogP contribution in [0.15, 0.2) is 47.6 Å². The molecule has 0 saturated heterocycles. The van der Waals surface area contributed by atoms with E-state index < -0.39 is 5.97 Å². The van der Waals surface area contributed by atoms with Crippen molar-refractivity contribution in [3.8, 4) is 11.5 Å². The van der Waals surface area contributed by atoms with Crippen LogP contribution in [0.2, 0.25) is 0 Å². The molecule has 2 N–H and O–H groups in total. The van der Waals surface area contributed by atoms with Crippen LogP contribution in [0.4, 0.5) is 5.69 Å². The molecule has 2 aromatic rings. The summed E-state index contributed by atoms with van der Waals surface area (Å²) in [5.41, 5.74) is 4.81. The Hall–Kier alpha value is -3.55. The molecule has 1 amide bonds. The number of ether oxygens (including phenoxy) is 2. The first kappa shape index (κ1) is 20.8. The lowest BCUT2D eigenvalue weighted by molar-refractivity contribution is -0.304. The maximum atomic E-state index is 12.0. The molecule has 28 heavy (non-hydrogen) atoms. The standard InChI is InChI=1S/C20H23N3O5/c1-13(14-8-9-17(27-2)15(10-14)11-20(25)26)22-23-19(24)12-21-16-6-4-5-7-18(16)28-3/h4-10,21H,11-12H2,1-3H3,(H,23,24)(H,25,26)/p-1/b22-13-. The van der Waals surface area contributed by atoms with E-state index in [-0.39, 0.29) is 18.9 Å². The Bertz CT molecular complexity index is 880. The Morgan fingerprint density at radius 3 is 2.46 bits per heavy atom. The molecule has 0 spiro atoms. The molecule has 0 aliphatic carbocycles. The number of hydrazone groups is 1. The second kappa shape index (κ2) is 9.96. The molecule has 0 atom stereocenters. The maximum absolute atomic E-state index is 12.0. The number of carbonyl (C=O) groups is 2. The summed E-state index contributed by atoms with van der Waals surface area (Å²) in [6, 6.07) is 12.3. The van der Waals surface area contributed by atoms with Gasteiger partial charge in [0.05, 0.1) is 32.2 Å². The first-order valence-corrected chi connectivity index (χ1v) is 8.51. The number of amides is 1.